The van der Waals surface area contributed by atoms with E-state index in [2.05, 4.69) is 0 Å². The zero-order chi connectivity index (χ0) is 20.4. The van der Waals surface area contributed by atoms with Crippen LogP contribution in [0.15, 0.2) is 29.2 Å². The number of carbonyl (C=O) groups is 2. The lowest BCUT2D eigenvalue weighted by molar-refractivity contribution is -0.137. The van der Waals surface area contributed by atoms with Crippen LogP contribution in [-0.2, 0) is 21.0 Å². The third kappa shape index (κ3) is 4.96. The number of rotatable bonds is 4. The van der Waals surface area contributed by atoms with Gasteiger partial charge in [0, 0.05) is 26.2 Å². The van der Waals surface area contributed by atoms with Gasteiger partial charge in [0.05, 0.1) is 16.5 Å². The number of carbonyl (C=O) groups excluding carboxylic acids is 2. The predicted octanol–water partition coefficient (Wildman–Crippen LogP) is 0.595. The first kappa shape index (κ1) is 21.1. The molecule has 150 valence electrons. The molecule has 0 aliphatic carbocycles. The fourth-order valence-corrected chi connectivity index (χ4v) is 4.17. The number of amides is 3. The summed E-state index contributed by atoms with van der Waals surface area (Å²) in [7, 11) is -4.10. The lowest BCUT2D eigenvalue weighted by Crippen LogP contribution is -2.55. The van der Waals surface area contributed by atoms with E-state index in [1.165, 1.54) is 6.92 Å². The molecule has 1 saturated heterocycles. The summed E-state index contributed by atoms with van der Waals surface area (Å²) in [5.74, 6) is -0.614. The molecule has 0 saturated carbocycles. The van der Waals surface area contributed by atoms with Crippen molar-refractivity contribution in [3.8, 4) is 0 Å². The van der Waals surface area contributed by atoms with E-state index in [9.17, 15) is 31.2 Å². The van der Waals surface area contributed by atoms with Crippen molar-refractivity contribution in [1.29, 1.82) is 0 Å². The molecule has 0 spiro atoms. The van der Waals surface area contributed by atoms with E-state index in [4.69, 9.17) is 5.73 Å². The summed E-state index contributed by atoms with van der Waals surface area (Å²) >= 11 is 0. The van der Waals surface area contributed by atoms with Gasteiger partial charge in [0.1, 0.15) is 0 Å². The number of imide groups is 1. The van der Waals surface area contributed by atoms with Crippen LogP contribution in [0.3, 0.4) is 0 Å². The molecule has 0 aromatic heterocycles. The first-order chi connectivity index (χ1) is 12.4. The van der Waals surface area contributed by atoms with Crippen molar-refractivity contribution in [3.63, 3.8) is 0 Å². The minimum Gasteiger partial charge on any atom is -0.351 e. The van der Waals surface area contributed by atoms with E-state index in [-0.39, 0.29) is 26.2 Å². The van der Waals surface area contributed by atoms with Gasteiger partial charge in [-0.25, -0.2) is 13.2 Å². The van der Waals surface area contributed by atoms with Crippen LogP contribution in [0.1, 0.15) is 12.5 Å². The number of halogens is 3. The van der Waals surface area contributed by atoms with E-state index in [0.717, 1.165) is 22.5 Å². The summed E-state index contributed by atoms with van der Waals surface area (Å²) in [6, 6.07) is 1.86. The normalized spacial score (nSPS) is 18.1. The number of sulfonamides is 1. The molecule has 1 fully saturated rings. The number of hydrogen-bond acceptors (Lipinski definition) is 5. The molecule has 1 unspecified atom stereocenters. The Morgan fingerprint density at radius 2 is 1.78 bits per heavy atom. The van der Waals surface area contributed by atoms with Gasteiger partial charge in [-0.05, 0) is 25.1 Å². The molecule has 1 aromatic carbocycles. The maximum atomic E-state index is 12.8. The Balaban J connectivity index is 2.09. The summed E-state index contributed by atoms with van der Waals surface area (Å²) < 4.78 is 64.8. The quantitative estimate of drug-likeness (QED) is 0.757. The Morgan fingerprint density at radius 1 is 1.19 bits per heavy atom. The molecule has 1 aliphatic heterocycles. The summed E-state index contributed by atoms with van der Waals surface area (Å²) in [5, 5.41) is 1.95. The molecule has 1 heterocycles. The van der Waals surface area contributed by atoms with E-state index in [1.807, 2.05) is 5.32 Å². The van der Waals surface area contributed by atoms with E-state index >= 15 is 0 Å². The second kappa shape index (κ2) is 7.82. The Bertz CT molecular complexity index is 821. The van der Waals surface area contributed by atoms with Crippen molar-refractivity contribution < 1.29 is 31.2 Å². The predicted molar refractivity (Wildman–Crippen MR) is 89.0 cm³/mol. The highest BCUT2D eigenvalue weighted by atomic mass is 32.2. The fourth-order valence-electron chi connectivity index (χ4n) is 2.70. The Labute approximate surface area is 154 Å². The van der Waals surface area contributed by atoms with E-state index < -0.39 is 44.6 Å². The van der Waals surface area contributed by atoms with Crippen LogP contribution in [0.2, 0.25) is 0 Å². The van der Waals surface area contributed by atoms with Gasteiger partial charge in [-0.3, -0.25) is 15.0 Å². The van der Waals surface area contributed by atoms with Gasteiger partial charge in [-0.2, -0.15) is 17.5 Å². The molecule has 1 aromatic rings. The van der Waals surface area contributed by atoms with Gasteiger partial charge in [-0.15, -0.1) is 0 Å². The zero-order valence-corrected chi connectivity index (χ0v) is 15.2. The molecular formula is C15H19F3N4O4S. The monoisotopic (exact) mass is 408 g/mol. The van der Waals surface area contributed by atoms with Gasteiger partial charge >= 0.3 is 12.2 Å². The lowest BCUT2D eigenvalue weighted by atomic mass is 10.2. The molecule has 1 aliphatic rings. The number of alkyl halides is 3. The first-order valence-corrected chi connectivity index (χ1v) is 9.38. The maximum absolute atomic E-state index is 12.8. The maximum Gasteiger partial charge on any atom is 0.416 e. The van der Waals surface area contributed by atoms with Crippen LogP contribution in [0.4, 0.5) is 18.0 Å². The topological polar surface area (TPSA) is 113 Å². The molecule has 3 amide bonds. The molecular weight excluding hydrogens is 389 g/mol. The molecule has 0 bridgehead atoms. The molecule has 3 N–H and O–H groups in total. The zero-order valence-electron chi connectivity index (χ0n) is 14.4. The van der Waals surface area contributed by atoms with Gasteiger partial charge in [0.2, 0.25) is 15.9 Å². The van der Waals surface area contributed by atoms with Crippen LogP contribution in [0, 0.1) is 0 Å². The molecule has 1 atom stereocenters. The number of piperazine rings is 1. The number of nitrogens with one attached hydrogen (secondary N) is 1. The molecule has 0 radical (unpaired) electrons. The number of primary amides is 1. The SMILES string of the molecule is CC(C(=O)NC(N)=O)N1CCN(S(=O)(=O)c2cccc(C(F)(F)F)c2)CC1. The number of nitrogens with zero attached hydrogens (tertiary/aromatic N) is 2. The second-order valence-electron chi connectivity index (χ2n) is 6.00. The van der Waals surface area contributed by atoms with Crippen molar-refractivity contribution in [3.05, 3.63) is 29.8 Å². The number of nitrogens with two attached hydrogens (primary N) is 1. The highest BCUT2D eigenvalue weighted by Gasteiger charge is 2.35. The fraction of sp³-hybridized carbons (Fsp3) is 0.467. The second-order valence-corrected chi connectivity index (χ2v) is 7.93. The summed E-state index contributed by atoms with van der Waals surface area (Å²) in [6.07, 6.45) is -4.65. The minimum atomic E-state index is -4.65. The smallest absolute Gasteiger partial charge is 0.351 e. The summed E-state index contributed by atoms with van der Waals surface area (Å²) in [4.78, 5) is 23.7. The van der Waals surface area contributed by atoms with Crippen molar-refractivity contribution in [2.75, 3.05) is 26.2 Å². The average Bonchev–Trinajstić information content (AvgIpc) is 2.60. The molecule has 2 rings (SSSR count). The lowest BCUT2D eigenvalue weighted by Gasteiger charge is -2.36. The third-order valence-corrected chi connectivity index (χ3v) is 6.14. The van der Waals surface area contributed by atoms with E-state index in [0.29, 0.717) is 6.07 Å². The van der Waals surface area contributed by atoms with Crippen molar-refractivity contribution in [2.45, 2.75) is 24.0 Å². The van der Waals surface area contributed by atoms with Gasteiger partial charge in [0.15, 0.2) is 0 Å². The van der Waals surface area contributed by atoms with Gasteiger partial charge < -0.3 is 5.73 Å². The van der Waals surface area contributed by atoms with Crippen molar-refractivity contribution >= 4 is 22.0 Å². The Hall–Kier alpha value is -2.18. The van der Waals surface area contributed by atoms with Crippen LogP contribution in [-0.4, -0.2) is 61.8 Å². The van der Waals surface area contributed by atoms with Crippen molar-refractivity contribution in [2.24, 2.45) is 5.73 Å². The number of hydrogen-bond donors (Lipinski definition) is 2. The number of benzene rings is 1. The average molecular weight is 408 g/mol. The molecule has 8 nitrogen and oxygen atoms in total. The summed E-state index contributed by atoms with van der Waals surface area (Å²) in [6.45, 7) is 1.87. The standard InChI is InChI=1S/C15H19F3N4O4S/c1-10(13(23)20-14(19)24)21-5-7-22(8-6-21)27(25,26)12-4-2-3-11(9-12)15(16,17)18/h2-4,9-10H,5-8H2,1H3,(H3,19,20,23,24). The Kier molecular flexibility index (Phi) is 6.12. The minimum absolute atomic E-state index is 0.00717. The van der Waals surface area contributed by atoms with E-state index in [1.54, 1.807) is 4.90 Å². The van der Waals surface area contributed by atoms with Gasteiger partial charge in [0.25, 0.3) is 0 Å². The highest BCUT2D eigenvalue weighted by Crippen LogP contribution is 2.31. The van der Waals surface area contributed by atoms with Crippen LogP contribution in [0.5, 0.6) is 0 Å². The van der Waals surface area contributed by atoms with Gasteiger partial charge in [-0.1, -0.05) is 6.07 Å². The molecule has 12 heteroatoms. The largest absolute Gasteiger partial charge is 0.416 e. The first-order valence-electron chi connectivity index (χ1n) is 7.94. The highest BCUT2D eigenvalue weighted by molar-refractivity contribution is 7.89. The number of urea groups is 1. The van der Waals surface area contributed by atoms with Crippen LogP contribution >= 0.6 is 0 Å². The summed E-state index contributed by atoms with van der Waals surface area (Å²) in [5.41, 5.74) is 3.85. The third-order valence-electron chi connectivity index (χ3n) is 4.25. The van der Waals surface area contributed by atoms with Crippen molar-refractivity contribution in [1.82, 2.24) is 14.5 Å². The molecule has 27 heavy (non-hydrogen) atoms. The Morgan fingerprint density at radius 3 is 2.30 bits per heavy atom. The van der Waals surface area contributed by atoms with Crippen LogP contribution < -0.4 is 11.1 Å². The van der Waals surface area contributed by atoms with Crippen LogP contribution in [0.25, 0.3) is 0 Å².